The minimum atomic E-state index is -3.18. The monoisotopic (exact) mass is 500 g/mol. The van der Waals surface area contributed by atoms with Crippen molar-refractivity contribution in [3.8, 4) is 5.75 Å². The molecular formula is C27H37N2O5P. The standard InChI is InChI=1S/C27H37N2O5P/c1-6-9-23(21-14-10-19(4)11-15-21)28-26(31)29-24(30)27(7-2,8-3)25(29)34-22-16-12-20(13-17-22)18-35(5,32)33/h10-17,23,25H,6-9,18H2,1-5H3,(H,28,31)(H,32,33)/t23-,25+/m1/s1. The Kier molecular flexibility index (Phi) is 8.45. The number of urea groups is 1. The molecule has 1 heterocycles. The summed E-state index contributed by atoms with van der Waals surface area (Å²) in [5.41, 5.74) is 2.10. The molecule has 0 spiro atoms. The van der Waals surface area contributed by atoms with Gasteiger partial charge in [0.2, 0.25) is 13.3 Å². The van der Waals surface area contributed by atoms with E-state index in [1.165, 1.54) is 11.6 Å². The number of hydrogen-bond acceptors (Lipinski definition) is 4. The lowest BCUT2D eigenvalue weighted by Crippen LogP contribution is -2.73. The van der Waals surface area contributed by atoms with Crippen molar-refractivity contribution in [3.63, 3.8) is 0 Å². The second-order valence-corrected chi connectivity index (χ2v) is 12.0. The van der Waals surface area contributed by atoms with Gasteiger partial charge >= 0.3 is 6.03 Å². The van der Waals surface area contributed by atoms with Gasteiger partial charge in [-0.3, -0.25) is 9.36 Å². The van der Waals surface area contributed by atoms with E-state index in [2.05, 4.69) is 12.2 Å². The lowest BCUT2D eigenvalue weighted by atomic mass is 9.72. The fourth-order valence-corrected chi connectivity index (χ4v) is 5.56. The first-order valence-corrected chi connectivity index (χ1v) is 14.6. The van der Waals surface area contributed by atoms with Gasteiger partial charge in [0.25, 0.3) is 0 Å². The molecule has 1 aliphatic heterocycles. The molecule has 1 aliphatic rings. The third-order valence-corrected chi connectivity index (χ3v) is 7.79. The zero-order valence-corrected chi connectivity index (χ0v) is 22.2. The van der Waals surface area contributed by atoms with Gasteiger partial charge in [0.15, 0.2) is 6.23 Å². The van der Waals surface area contributed by atoms with E-state index < -0.39 is 25.0 Å². The summed E-state index contributed by atoms with van der Waals surface area (Å²) in [4.78, 5) is 37.4. The number of hydrogen-bond donors (Lipinski definition) is 2. The molecular weight excluding hydrogens is 463 g/mol. The van der Waals surface area contributed by atoms with Crippen molar-refractivity contribution in [1.82, 2.24) is 10.2 Å². The Morgan fingerprint density at radius 2 is 1.71 bits per heavy atom. The summed E-state index contributed by atoms with van der Waals surface area (Å²) in [6.45, 7) is 9.27. The van der Waals surface area contributed by atoms with Crippen LogP contribution in [-0.2, 0) is 15.5 Å². The number of β-lactam (4-membered cyclic amide) rings is 1. The lowest BCUT2D eigenvalue weighted by Gasteiger charge is -2.53. The van der Waals surface area contributed by atoms with Gasteiger partial charge in [-0.25, -0.2) is 9.69 Å². The largest absolute Gasteiger partial charge is 0.469 e. The fraction of sp³-hybridized carbons (Fsp3) is 0.481. The third kappa shape index (κ3) is 5.96. The predicted octanol–water partition coefficient (Wildman–Crippen LogP) is 6.00. The highest BCUT2D eigenvalue weighted by Gasteiger charge is 2.63. The number of rotatable bonds is 10. The molecule has 3 atom stereocenters. The molecule has 3 rings (SSSR count). The minimum Gasteiger partial charge on any atom is -0.469 e. The Balaban J connectivity index is 1.81. The molecule has 190 valence electrons. The number of nitrogens with zero attached hydrogens (tertiary/aromatic N) is 1. The maximum Gasteiger partial charge on any atom is 0.327 e. The van der Waals surface area contributed by atoms with E-state index in [1.807, 2.05) is 45.0 Å². The van der Waals surface area contributed by atoms with Gasteiger partial charge in [0.05, 0.1) is 6.04 Å². The van der Waals surface area contributed by atoms with Crippen LogP contribution in [-0.4, -0.2) is 34.6 Å². The van der Waals surface area contributed by atoms with Crippen molar-refractivity contribution >= 4 is 19.3 Å². The van der Waals surface area contributed by atoms with E-state index in [4.69, 9.17) is 4.74 Å². The summed E-state index contributed by atoms with van der Waals surface area (Å²) in [5, 5.41) is 3.05. The van der Waals surface area contributed by atoms with E-state index in [-0.39, 0.29) is 18.1 Å². The second-order valence-electron chi connectivity index (χ2n) is 9.56. The number of ether oxygens (including phenoxy) is 1. The number of benzene rings is 2. The summed E-state index contributed by atoms with van der Waals surface area (Å²) in [6.07, 6.45) is 2.08. The van der Waals surface area contributed by atoms with E-state index in [1.54, 1.807) is 24.3 Å². The number of aryl methyl sites for hydroxylation is 1. The molecule has 0 aliphatic carbocycles. The summed E-state index contributed by atoms with van der Waals surface area (Å²) < 4.78 is 17.9. The molecule has 2 aromatic rings. The number of amides is 3. The van der Waals surface area contributed by atoms with Crippen LogP contribution in [0.3, 0.4) is 0 Å². The first-order valence-electron chi connectivity index (χ1n) is 12.3. The molecule has 0 aromatic heterocycles. The molecule has 3 amide bonds. The first-order chi connectivity index (χ1) is 16.5. The van der Waals surface area contributed by atoms with Crippen molar-refractivity contribution in [2.24, 2.45) is 5.41 Å². The van der Waals surface area contributed by atoms with E-state index in [0.717, 1.165) is 29.5 Å². The van der Waals surface area contributed by atoms with Gasteiger partial charge in [-0.1, -0.05) is 69.2 Å². The Bertz CT molecular complexity index is 1070. The maximum absolute atomic E-state index is 13.3. The van der Waals surface area contributed by atoms with Crippen LogP contribution in [0.25, 0.3) is 0 Å². The van der Waals surface area contributed by atoms with Crippen molar-refractivity contribution in [3.05, 3.63) is 65.2 Å². The average molecular weight is 501 g/mol. The van der Waals surface area contributed by atoms with Gasteiger partial charge in [-0.2, -0.15) is 0 Å². The first kappa shape index (κ1) is 27.0. The Morgan fingerprint density at radius 1 is 1.11 bits per heavy atom. The van der Waals surface area contributed by atoms with Crippen LogP contribution in [0, 0.1) is 12.3 Å². The summed E-state index contributed by atoms with van der Waals surface area (Å²) in [6, 6.07) is 14.3. The molecule has 0 saturated carbocycles. The number of nitrogens with one attached hydrogen (secondary N) is 1. The molecule has 1 fully saturated rings. The molecule has 2 aromatic carbocycles. The smallest absolute Gasteiger partial charge is 0.327 e. The second kappa shape index (κ2) is 11.0. The summed E-state index contributed by atoms with van der Waals surface area (Å²) >= 11 is 0. The summed E-state index contributed by atoms with van der Waals surface area (Å²) in [5.74, 6) is 0.274. The van der Waals surface area contributed by atoms with Crippen LogP contribution in [0.5, 0.6) is 5.75 Å². The van der Waals surface area contributed by atoms with Crippen LogP contribution in [0.1, 0.15) is 69.2 Å². The van der Waals surface area contributed by atoms with Gasteiger partial charge < -0.3 is 14.9 Å². The van der Waals surface area contributed by atoms with E-state index >= 15 is 0 Å². The predicted molar refractivity (Wildman–Crippen MR) is 138 cm³/mol. The van der Waals surface area contributed by atoms with Crippen LogP contribution >= 0.6 is 7.37 Å². The maximum atomic E-state index is 13.3. The molecule has 8 heteroatoms. The van der Waals surface area contributed by atoms with Crippen molar-refractivity contribution in [2.75, 3.05) is 6.66 Å². The molecule has 0 radical (unpaired) electrons. The van der Waals surface area contributed by atoms with Gasteiger partial charge in [-0.05, 0) is 49.4 Å². The lowest BCUT2D eigenvalue weighted by molar-refractivity contribution is -0.191. The van der Waals surface area contributed by atoms with Gasteiger partial charge in [0.1, 0.15) is 11.2 Å². The SMILES string of the molecule is CCC[C@@H](NC(=O)N1C(=O)C(CC)(CC)[C@@H]1Oc1ccc(CP(C)(=O)O)cc1)c1ccc(C)cc1. The van der Waals surface area contributed by atoms with Crippen molar-refractivity contribution in [1.29, 1.82) is 0 Å². The third-order valence-electron chi connectivity index (χ3n) is 6.83. The number of imide groups is 1. The highest BCUT2D eigenvalue weighted by molar-refractivity contribution is 7.56. The number of carbonyl (C=O) groups excluding carboxylic acids is 2. The van der Waals surface area contributed by atoms with Crippen LogP contribution in [0.15, 0.2) is 48.5 Å². The van der Waals surface area contributed by atoms with Gasteiger partial charge in [0, 0.05) is 12.8 Å². The molecule has 1 unspecified atom stereocenters. The molecule has 2 N–H and O–H groups in total. The molecule has 35 heavy (non-hydrogen) atoms. The average Bonchev–Trinajstić information content (AvgIpc) is 2.80. The van der Waals surface area contributed by atoms with Crippen molar-refractivity contribution in [2.45, 2.75) is 71.8 Å². The molecule has 0 bridgehead atoms. The molecule has 1 saturated heterocycles. The van der Waals surface area contributed by atoms with E-state index in [9.17, 15) is 19.0 Å². The molecule has 7 nitrogen and oxygen atoms in total. The highest BCUT2D eigenvalue weighted by Crippen LogP contribution is 2.46. The van der Waals surface area contributed by atoms with Crippen LogP contribution < -0.4 is 10.1 Å². The zero-order valence-electron chi connectivity index (χ0n) is 21.3. The van der Waals surface area contributed by atoms with Gasteiger partial charge in [-0.15, -0.1) is 0 Å². The quantitative estimate of drug-likeness (QED) is 0.308. The topological polar surface area (TPSA) is 95.9 Å². The zero-order chi connectivity index (χ0) is 25.8. The van der Waals surface area contributed by atoms with Crippen LogP contribution in [0.2, 0.25) is 0 Å². The minimum absolute atomic E-state index is 0.0788. The van der Waals surface area contributed by atoms with Crippen LogP contribution in [0.4, 0.5) is 4.79 Å². The Morgan fingerprint density at radius 3 is 2.23 bits per heavy atom. The van der Waals surface area contributed by atoms with E-state index in [0.29, 0.717) is 18.6 Å². The highest BCUT2D eigenvalue weighted by atomic mass is 31.2. The fourth-order valence-electron chi connectivity index (χ4n) is 4.67. The number of likely N-dealkylation sites (tertiary alicyclic amines) is 1. The normalized spacial score (nSPS) is 19.4. The summed E-state index contributed by atoms with van der Waals surface area (Å²) in [7, 11) is -3.18. The Hall–Kier alpha value is -2.63. The number of carbonyl (C=O) groups is 2. The van der Waals surface area contributed by atoms with Crippen molar-refractivity contribution < 1.29 is 23.8 Å². The Labute approximate surface area is 208 Å².